The molecule has 0 aromatic carbocycles. The number of hydrogen-bond acceptors (Lipinski definition) is 2. The van der Waals surface area contributed by atoms with Crippen molar-refractivity contribution >= 4 is 0 Å². The molecule has 1 heterocycles. The van der Waals surface area contributed by atoms with E-state index < -0.39 is 0 Å². The third-order valence-corrected chi connectivity index (χ3v) is 4.93. The lowest BCUT2D eigenvalue weighted by Gasteiger charge is -2.36. The van der Waals surface area contributed by atoms with Gasteiger partial charge in [-0.3, -0.25) is 0 Å². The largest absolute Gasteiger partial charge is 0.390 e. The molecule has 15 heavy (non-hydrogen) atoms. The minimum atomic E-state index is -0.287. The van der Waals surface area contributed by atoms with E-state index in [0.29, 0.717) is 5.92 Å². The predicted molar refractivity (Wildman–Crippen MR) is 58.6 cm³/mol. The van der Waals surface area contributed by atoms with Gasteiger partial charge in [-0.1, -0.05) is 0 Å². The third-order valence-electron chi connectivity index (χ3n) is 4.93. The lowest BCUT2D eigenvalue weighted by atomic mass is 9.76. The molecule has 1 aliphatic heterocycles. The molecule has 0 aromatic rings. The van der Waals surface area contributed by atoms with Crippen molar-refractivity contribution in [3.05, 3.63) is 0 Å². The lowest BCUT2D eigenvalue weighted by molar-refractivity contribution is -0.0489. The molecule has 1 N–H and O–H groups in total. The Morgan fingerprint density at radius 2 is 1.93 bits per heavy atom. The van der Waals surface area contributed by atoms with Crippen molar-refractivity contribution < 1.29 is 9.84 Å². The van der Waals surface area contributed by atoms with Gasteiger partial charge in [0.05, 0.1) is 5.60 Å². The summed E-state index contributed by atoms with van der Waals surface area (Å²) in [5.41, 5.74) is -0.287. The molecule has 3 unspecified atom stereocenters. The van der Waals surface area contributed by atoms with Crippen LogP contribution in [0.4, 0.5) is 0 Å². The Morgan fingerprint density at radius 1 is 1.13 bits per heavy atom. The molecule has 0 radical (unpaired) electrons. The number of hydrogen-bond donors (Lipinski definition) is 1. The van der Waals surface area contributed by atoms with Crippen LogP contribution < -0.4 is 0 Å². The van der Waals surface area contributed by atoms with Gasteiger partial charge in [-0.05, 0) is 62.7 Å². The highest BCUT2D eigenvalue weighted by Gasteiger charge is 2.50. The van der Waals surface area contributed by atoms with Crippen molar-refractivity contribution in [2.24, 2.45) is 17.8 Å². The summed E-state index contributed by atoms with van der Waals surface area (Å²) in [7, 11) is 0. The molecule has 2 aliphatic carbocycles. The number of fused-ring (bicyclic) bond motifs is 2. The summed E-state index contributed by atoms with van der Waals surface area (Å²) in [4.78, 5) is 0. The maximum atomic E-state index is 10.7. The average molecular weight is 210 g/mol. The zero-order valence-corrected chi connectivity index (χ0v) is 9.45. The Hall–Kier alpha value is -0.0800. The topological polar surface area (TPSA) is 29.5 Å². The van der Waals surface area contributed by atoms with Crippen LogP contribution in [0.2, 0.25) is 0 Å². The maximum absolute atomic E-state index is 10.7. The zero-order valence-electron chi connectivity index (χ0n) is 9.45. The van der Waals surface area contributed by atoms with Crippen molar-refractivity contribution in [1.29, 1.82) is 0 Å². The van der Waals surface area contributed by atoms with Gasteiger partial charge in [-0.2, -0.15) is 0 Å². The first kappa shape index (κ1) is 10.1. The van der Waals surface area contributed by atoms with E-state index in [-0.39, 0.29) is 5.60 Å². The van der Waals surface area contributed by atoms with Gasteiger partial charge in [-0.25, -0.2) is 0 Å². The van der Waals surface area contributed by atoms with Gasteiger partial charge in [0.2, 0.25) is 0 Å². The Bertz CT molecular complexity index is 235. The summed E-state index contributed by atoms with van der Waals surface area (Å²) >= 11 is 0. The van der Waals surface area contributed by atoms with Gasteiger partial charge in [0.1, 0.15) is 0 Å². The molecule has 3 aliphatic rings. The van der Waals surface area contributed by atoms with E-state index in [9.17, 15) is 5.11 Å². The van der Waals surface area contributed by atoms with Crippen LogP contribution in [0.15, 0.2) is 0 Å². The van der Waals surface area contributed by atoms with Crippen molar-refractivity contribution in [3.63, 3.8) is 0 Å². The molecular formula is C13H22O2. The molecule has 2 nitrogen and oxygen atoms in total. The second-order valence-electron chi connectivity index (χ2n) is 5.94. The highest BCUT2D eigenvalue weighted by atomic mass is 16.5. The smallest absolute Gasteiger partial charge is 0.0681 e. The summed E-state index contributed by atoms with van der Waals surface area (Å²) in [6.45, 7) is 1.82. The van der Waals surface area contributed by atoms with Crippen LogP contribution in [0.5, 0.6) is 0 Å². The first-order chi connectivity index (χ1) is 7.26. The van der Waals surface area contributed by atoms with Crippen LogP contribution in [0, 0.1) is 17.8 Å². The van der Waals surface area contributed by atoms with Gasteiger partial charge in [0.25, 0.3) is 0 Å². The van der Waals surface area contributed by atoms with Gasteiger partial charge < -0.3 is 9.84 Å². The molecule has 86 valence electrons. The normalized spacial score (nSPS) is 46.2. The van der Waals surface area contributed by atoms with Gasteiger partial charge >= 0.3 is 0 Å². The predicted octanol–water partition coefficient (Wildman–Crippen LogP) is 2.35. The lowest BCUT2D eigenvalue weighted by Crippen LogP contribution is -2.38. The molecule has 2 heteroatoms. The van der Waals surface area contributed by atoms with Crippen molar-refractivity contribution in [2.75, 3.05) is 13.2 Å². The molecule has 2 saturated carbocycles. The molecule has 1 saturated heterocycles. The summed E-state index contributed by atoms with van der Waals surface area (Å²) in [6, 6.07) is 0. The molecule has 3 atom stereocenters. The summed E-state index contributed by atoms with van der Waals surface area (Å²) in [6.07, 6.45) is 8.44. The van der Waals surface area contributed by atoms with E-state index in [1.54, 1.807) is 0 Å². The molecular weight excluding hydrogens is 188 g/mol. The highest BCUT2D eigenvalue weighted by Crippen LogP contribution is 2.53. The van der Waals surface area contributed by atoms with Crippen molar-refractivity contribution in [2.45, 2.75) is 50.5 Å². The fourth-order valence-electron chi connectivity index (χ4n) is 4.12. The standard InChI is InChI=1S/C13H22O2/c14-13(8-10-3-5-15-6-4-10)9-11-1-2-12(13)7-11/h10-12,14H,1-9H2. The summed E-state index contributed by atoms with van der Waals surface area (Å²) in [5, 5.41) is 10.7. The summed E-state index contributed by atoms with van der Waals surface area (Å²) < 4.78 is 5.38. The molecule has 0 spiro atoms. The minimum Gasteiger partial charge on any atom is -0.390 e. The number of aliphatic hydroxyl groups is 1. The highest BCUT2D eigenvalue weighted by molar-refractivity contribution is 5.01. The third kappa shape index (κ3) is 1.83. The van der Waals surface area contributed by atoms with Crippen molar-refractivity contribution in [3.8, 4) is 0 Å². The van der Waals surface area contributed by atoms with Crippen LogP contribution in [0.25, 0.3) is 0 Å². The fraction of sp³-hybridized carbons (Fsp3) is 1.00. The van der Waals surface area contributed by atoms with Gasteiger partial charge in [0, 0.05) is 13.2 Å². The second-order valence-corrected chi connectivity index (χ2v) is 5.94. The monoisotopic (exact) mass is 210 g/mol. The fourth-order valence-corrected chi connectivity index (χ4v) is 4.12. The number of rotatable bonds is 2. The zero-order chi connectivity index (χ0) is 10.3. The molecule has 3 fully saturated rings. The summed E-state index contributed by atoms with van der Waals surface area (Å²) in [5.74, 6) is 2.20. The minimum absolute atomic E-state index is 0.287. The SMILES string of the molecule is OC1(CC2CCOCC2)CC2CCC1C2. The van der Waals surface area contributed by atoms with Gasteiger partial charge in [0.15, 0.2) is 0 Å². The Labute approximate surface area is 92.0 Å². The molecule has 0 amide bonds. The molecule has 0 aromatic heterocycles. The van der Waals surface area contributed by atoms with Crippen LogP contribution in [0.1, 0.15) is 44.9 Å². The maximum Gasteiger partial charge on any atom is 0.0681 e. The van der Waals surface area contributed by atoms with Crippen LogP contribution in [-0.2, 0) is 4.74 Å². The van der Waals surface area contributed by atoms with E-state index in [0.717, 1.165) is 37.9 Å². The first-order valence-electron chi connectivity index (χ1n) is 6.56. The Kier molecular flexibility index (Phi) is 2.52. The van der Waals surface area contributed by atoms with Crippen molar-refractivity contribution in [1.82, 2.24) is 0 Å². The Morgan fingerprint density at radius 3 is 2.53 bits per heavy atom. The molecule has 2 bridgehead atoms. The molecule has 3 rings (SSSR count). The van der Waals surface area contributed by atoms with Gasteiger partial charge in [-0.15, -0.1) is 0 Å². The first-order valence-corrected chi connectivity index (χ1v) is 6.56. The van der Waals surface area contributed by atoms with Crippen LogP contribution in [0.3, 0.4) is 0 Å². The van der Waals surface area contributed by atoms with E-state index in [2.05, 4.69) is 0 Å². The van der Waals surface area contributed by atoms with Crippen LogP contribution >= 0.6 is 0 Å². The Balaban J connectivity index is 1.61. The number of ether oxygens (including phenoxy) is 1. The average Bonchev–Trinajstić information content (AvgIpc) is 2.78. The second kappa shape index (κ2) is 3.74. The van der Waals surface area contributed by atoms with E-state index in [4.69, 9.17) is 4.74 Å². The van der Waals surface area contributed by atoms with E-state index in [1.165, 1.54) is 32.1 Å². The van der Waals surface area contributed by atoms with E-state index >= 15 is 0 Å². The van der Waals surface area contributed by atoms with E-state index in [1.807, 2.05) is 0 Å². The van der Waals surface area contributed by atoms with Crippen LogP contribution in [-0.4, -0.2) is 23.9 Å². The quantitative estimate of drug-likeness (QED) is 0.758.